The molecule has 1 rings (SSSR count). The van der Waals surface area contributed by atoms with Gasteiger partial charge in [0.2, 0.25) is 5.91 Å². The number of halogens is 1. The van der Waals surface area contributed by atoms with E-state index >= 15 is 0 Å². The van der Waals surface area contributed by atoms with Gasteiger partial charge in [0, 0.05) is 25.6 Å². The molecule has 0 saturated carbocycles. The largest absolute Gasteiger partial charge is 0.342 e. The predicted molar refractivity (Wildman–Crippen MR) is 78.9 cm³/mol. The van der Waals surface area contributed by atoms with Crippen molar-refractivity contribution in [3.8, 4) is 0 Å². The zero-order chi connectivity index (χ0) is 13.3. The van der Waals surface area contributed by atoms with Gasteiger partial charge in [0.25, 0.3) is 0 Å². The van der Waals surface area contributed by atoms with Gasteiger partial charge >= 0.3 is 0 Å². The number of hydrogen-bond acceptors (Lipinski definition) is 2. The summed E-state index contributed by atoms with van der Waals surface area (Å²) in [6.45, 7) is 12.5. The van der Waals surface area contributed by atoms with Gasteiger partial charge in [0.15, 0.2) is 0 Å². The molecule has 1 aliphatic rings. The SMILES string of the molecule is CC(C)(C)CCC(=O)N1CCC(N)C(C)(C)C1.Cl. The van der Waals surface area contributed by atoms with Gasteiger partial charge in [0.1, 0.15) is 0 Å². The van der Waals surface area contributed by atoms with E-state index in [0.717, 1.165) is 25.9 Å². The minimum absolute atomic E-state index is 0. The number of piperidine rings is 1. The van der Waals surface area contributed by atoms with Crippen LogP contribution in [0.2, 0.25) is 0 Å². The minimum Gasteiger partial charge on any atom is -0.342 e. The van der Waals surface area contributed by atoms with Crippen LogP contribution in [-0.2, 0) is 4.79 Å². The molecule has 2 N–H and O–H groups in total. The summed E-state index contributed by atoms with van der Waals surface area (Å²) >= 11 is 0. The third-order valence-electron chi connectivity index (χ3n) is 3.75. The summed E-state index contributed by atoms with van der Waals surface area (Å²) in [7, 11) is 0. The number of carbonyl (C=O) groups excluding carboxylic acids is 1. The molecule has 4 heteroatoms. The lowest BCUT2D eigenvalue weighted by Crippen LogP contribution is -2.54. The van der Waals surface area contributed by atoms with E-state index in [1.807, 2.05) is 4.90 Å². The van der Waals surface area contributed by atoms with Gasteiger partial charge in [-0.1, -0.05) is 34.6 Å². The van der Waals surface area contributed by atoms with E-state index in [-0.39, 0.29) is 29.3 Å². The maximum atomic E-state index is 12.1. The molecule has 0 aromatic heterocycles. The second-order valence-electron chi connectivity index (χ2n) is 7.26. The van der Waals surface area contributed by atoms with Gasteiger partial charge < -0.3 is 10.6 Å². The van der Waals surface area contributed by atoms with E-state index in [1.54, 1.807) is 0 Å². The lowest BCUT2D eigenvalue weighted by Gasteiger charge is -2.42. The zero-order valence-corrected chi connectivity index (χ0v) is 13.3. The first-order valence-corrected chi connectivity index (χ1v) is 6.65. The Bertz CT molecular complexity index is 284. The summed E-state index contributed by atoms with van der Waals surface area (Å²) in [6.07, 6.45) is 2.54. The average Bonchev–Trinajstić information content (AvgIpc) is 2.17. The van der Waals surface area contributed by atoms with E-state index in [0.29, 0.717) is 12.3 Å². The van der Waals surface area contributed by atoms with Crippen LogP contribution >= 0.6 is 12.4 Å². The number of rotatable bonds is 2. The Balaban J connectivity index is 0.00000289. The fourth-order valence-corrected chi connectivity index (χ4v) is 2.23. The molecule has 3 nitrogen and oxygen atoms in total. The predicted octanol–water partition coefficient (Wildman–Crippen LogP) is 2.82. The summed E-state index contributed by atoms with van der Waals surface area (Å²) in [4.78, 5) is 14.1. The summed E-state index contributed by atoms with van der Waals surface area (Å²) in [5, 5.41) is 0. The fourth-order valence-electron chi connectivity index (χ4n) is 2.23. The molecule has 0 radical (unpaired) electrons. The summed E-state index contributed by atoms with van der Waals surface area (Å²) in [5.41, 5.74) is 6.36. The molecule has 1 fully saturated rings. The molecule has 1 unspecified atom stereocenters. The molecule has 1 saturated heterocycles. The van der Waals surface area contributed by atoms with Crippen LogP contribution < -0.4 is 5.73 Å². The first kappa shape index (κ1) is 17.7. The summed E-state index contributed by atoms with van der Waals surface area (Å²) in [5.74, 6) is 0.292. The lowest BCUT2D eigenvalue weighted by molar-refractivity contribution is -0.135. The van der Waals surface area contributed by atoms with Crippen molar-refractivity contribution in [3.05, 3.63) is 0 Å². The Kier molecular flexibility index (Phi) is 6.15. The number of amides is 1. The van der Waals surface area contributed by atoms with Crippen LogP contribution in [0.5, 0.6) is 0 Å². The maximum absolute atomic E-state index is 12.1. The second kappa shape index (κ2) is 6.25. The van der Waals surface area contributed by atoms with E-state index in [9.17, 15) is 4.79 Å². The molecule has 0 aromatic carbocycles. The van der Waals surface area contributed by atoms with Crippen molar-refractivity contribution in [3.63, 3.8) is 0 Å². The van der Waals surface area contributed by atoms with Gasteiger partial charge in [-0.25, -0.2) is 0 Å². The van der Waals surface area contributed by atoms with Crippen LogP contribution in [0.25, 0.3) is 0 Å². The zero-order valence-electron chi connectivity index (χ0n) is 12.5. The topological polar surface area (TPSA) is 46.3 Å². The van der Waals surface area contributed by atoms with Gasteiger partial charge in [-0.2, -0.15) is 0 Å². The molecule has 1 amide bonds. The van der Waals surface area contributed by atoms with Crippen LogP contribution in [0.15, 0.2) is 0 Å². The van der Waals surface area contributed by atoms with Crippen molar-refractivity contribution in [2.75, 3.05) is 13.1 Å². The molecule has 1 aliphatic heterocycles. The lowest BCUT2D eigenvalue weighted by atomic mass is 9.79. The number of likely N-dealkylation sites (tertiary alicyclic amines) is 1. The van der Waals surface area contributed by atoms with Gasteiger partial charge in [-0.05, 0) is 23.7 Å². The molecular formula is C14H29ClN2O. The molecule has 0 spiro atoms. The van der Waals surface area contributed by atoms with Crippen molar-refractivity contribution in [1.29, 1.82) is 0 Å². The molecule has 0 aliphatic carbocycles. The van der Waals surface area contributed by atoms with Crippen molar-refractivity contribution >= 4 is 18.3 Å². The maximum Gasteiger partial charge on any atom is 0.222 e. The fraction of sp³-hybridized carbons (Fsp3) is 0.929. The summed E-state index contributed by atoms with van der Waals surface area (Å²) < 4.78 is 0. The van der Waals surface area contributed by atoms with Gasteiger partial charge in [0.05, 0.1) is 0 Å². The molecule has 1 heterocycles. The Hall–Kier alpha value is -0.280. The minimum atomic E-state index is 0. The first-order chi connectivity index (χ1) is 7.62. The third-order valence-corrected chi connectivity index (χ3v) is 3.75. The quantitative estimate of drug-likeness (QED) is 0.843. The smallest absolute Gasteiger partial charge is 0.222 e. The van der Waals surface area contributed by atoms with Crippen molar-refractivity contribution in [1.82, 2.24) is 4.90 Å². The molecule has 0 bridgehead atoms. The van der Waals surface area contributed by atoms with Crippen LogP contribution in [0.4, 0.5) is 0 Å². The van der Waals surface area contributed by atoms with Crippen LogP contribution in [0.3, 0.4) is 0 Å². The molecule has 108 valence electrons. The molecular weight excluding hydrogens is 248 g/mol. The van der Waals surface area contributed by atoms with E-state index in [2.05, 4.69) is 34.6 Å². The summed E-state index contributed by atoms with van der Waals surface area (Å²) in [6, 6.07) is 0.217. The number of nitrogens with two attached hydrogens (primary N) is 1. The Labute approximate surface area is 118 Å². The van der Waals surface area contributed by atoms with E-state index < -0.39 is 0 Å². The van der Waals surface area contributed by atoms with Crippen molar-refractivity contribution in [2.24, 2.45) is 16.6 Å². The van der Waals surface area contributed by atoms with E-state index in [4.69, 9.17) is 5.73 Å². The van der Waals surface area contributed by atoms with E-state index in [1.165, 1.54) is 0 Å². The molecule has 1 atom stereocenters. The monoisotopic (exact) mass is 276 g/mol. The Morgan fingerprint density at radius 1 is 1.39 bits per heavy atom. The second-order valence-corrected chi connectivity index (χ2v) is 7.26. The highest BCUT2D eigenvalue weighted by molar-refractivity contribution is 5.85. The van der Waals surface area contributed by atoms with Crippen molar-refractivity contribution < 1.29 is 4.79 Å². The molecule has 0 aromatic rings. The Morgan fingerprint density at radius 3 is 2.39 bits per heavy atom. The standard InChI is InChI=1S/C14H28N2O.ClH/c1-13(2,3)8-6-12(17)16-9-7-11(15)14(4,5)10-16;/h11H,6-10,15H2,1-5H3;1H. The molecule has 18 heavy (non-hydrogen) atoms. The highest BCUT2D eigenvalue weighted by atomic mass is 35.5. The van der Waals surface area contributed by atoms with Crippen LogP contribution in [-0.4, -0.2) is 29.9 Å². The average molecular weight is 277 g/mol. The van der Waals surface area contributed by atoms with Crippen LogP contribution in [0.1, 0.15) is 53.9 Å². The number of hydrogen-bond donors (Lipinski definition) is 1. The first-order valence-electron chi connectivity index (χ1n) is 6.65. The number of carbonyl (C=O) groups is 1. The number of nitrogens with zero attached hydrogens (tertiary/aromatic N) is 1. The Morgan fingerprint density at radius 2 is 1.94 bits per heavy atom. The van der Waals surface area contributed by atoms with Gasteiger partial charge in [-0.15, -0.1) is 12.4 Å². The van der Waals surface area contributed by atoms with Crippen molar-refractivity contribution in [2.45, 2.75) is 59.9 Å². The third kappa shape index (κ3) is 5.15. The highest BCUT2D eigenvalue weighted by Crippen LogP contribution is 2.29. The highest BCUT2D eigenvalue weighted by Gasteiger charge is 2.35. The van der Waals surface area contributed by atoms with Gasteiger partial charge in [-0.3, -0.25) is 4.79 Å². The normalized spacial score (nSPS) is 23.4. The van der Waals surface area contributed by atoms with Crippen LogP contribution in [0, 0.1) is 10.8 Å².